The zero-order valence-electron chi connectivity index (χ0n) is 11.0. The molecule has 1 fully saturated rings. The Bertz CT molecular complexity index is 395. The van der Waals surface area contributed by atoms with Gasteiger partial charge in [-0.2, -0.15) is 0 Å². The molecule has 0 saturated heterocycles. The van der Waals surface area contributed by atoms with Gasteiger partial charge < -0.3 is 4.74 Å². The average Bonchev–Trinajstić information content (AvgIpc) is 2.27. The summed E-state index contributed by atoms with van der Waals surface area (Å²) >= 11 is 0. The zero-order valence-corrected chi connectivity index (χ0v) is 11.0. The fourth-order valence-electron chi connectivity index (χ4n) is 2.65. The maximum Gasteiger partial charge on any atom is 0.248 e. The number of hydrogen-bond donors (Lipinski definition) is 0. The molecule has 1 aliphatic rings. The third kappa shape index (κ3) is 3.21. The molecule has 0 spiro atoms. The third-order valence-corrected chi connectivity index (χ3v) is 3.61. The highest BCUT2D eigenvalue weighted by molar-refractivity contribution is 5.39. The van der Waals surface area contributed by atoms with Crippen molar-refractivity contribution in [2.75, 3.05) is 6.61 Å². The van der Waals surface area contributed by atoms with E-state index in [0.29, 0.717) is 13.0 Å². The molecular weight excluding hydrogens is 234 g/mol. The Morgan fingerprint density at radius 1 is 1.28 bits per heavy atom. The minimum atomic E-state index is -2.49. The summed E-state index contributed by atoms with van der Waals surface area (Å²) in [4.78, 5) is 0. The fraction of sp³-hybridized carbons (Fsp3) is 0.600. The minimum absolute atomic E-state index is 0.0206. The molecule has 1 aliphatic carbocycles. The van der Waals surface area contributed by atoms with Gasteiger partial charge in [0, 0.05) is 12.8 Å². The molecule has 0 bridgehead atoms. The highest BCUT2D eigenvalue weighted by Gasteiger charge is 2.36. The molecule has 1 atom stereocenters. The molecule has 0 heterocycles. The molecule has 1 aromatic carbocycles. The van der Waals surface area contributed by atoms with Crippen molar-refractivity contribution in [3.8, 4) is 5.75 Å². The van der Waals surface area contributed by atoms with E-state index >= 15 is 0 Å². The van der Waals surface area contributed by atoms with Crippen LogP contribution in [0.1, 0.15) is 36.8 Å². The molecule has 0 aliphatic heterocycles. The second-order valence-corrected chi connectivity index (χ2v) is 5.35. The molecule has 1 unspecified atom stereocenters. The number of hydrogen-bond acceptors (Lipinski definition) is 1. The Hall–Kier alpha value is -1.12. The van der Waals surface area contributed by atoms with Crippen molar-refractivity contribution in [1.29, 1.82) is 0 Å². The summed E-state index contributed by atoms with van der Waals surface area (Å²) in [7, 11) is 0. The van der Waals surface area contributed by atoms with Gasteiger partial charge in [0.2, 0.25) is 5.92 Å². The maximum atomic E-state index is 13.3. The Labute approximate surface area is 107 Å². The zero-order chi connectivity index (χ0) is 13.2. The molecule has 1 aromatic rings. The van der Waals surface area contributed by atoms with E-state index in [4.69, 9.17) is 4.74 Å². The van der Waals surface area contributed by atoms with Crippen LogP contribution in [0.2, 0.25) is 0 Å². The van der Waals surface area contributed by atoms with E-state index in [1.54, 1.807) is 0 Å². The average molecular weight is 254 g/mol. The number of aryl methyl sites for hydroxylation is 2. The summed E-state index contributed by atoms with van der Waals surface area (Å²) in [6.07, 6.45) is 1.46. The summed E-state index contributed by atoms with van der Waals surface area (Å²) in [5, 5.41) is 0. The first kappa shape index (κ1) is 13.3. The van der Waals surface area contributed by atoms with Gasteiger partial charge in [0.15, 0.2) is 0 Å². The van der Waals surface area contributed by atoms with Gasteiger partial charge in [-0.1, -0.05) is 18.2 Å². The van der Waals surface area contributed by atoms with Crippen molar-refractivity contribution in [2.45, 2.75) is 45.5 Å². The van der Waals surface area contributed by atoms with Crippen LogP contribution in [0, 0.1) is 19.8 Å². The molecule has 0 N–H and O–H groups in total. The number of benzene rings is 1. The summed E-state index contributed by atoms with van der Waals surface area (Å²) < 4.78 is 32.3. The number of para-hydroxylation sites is 1. The van der Waals surface area contributed by atoms with E-state index in [1.165, 1.54) is 0 Å². The SMILES string of the molecule is Cc1cccc(C)c1OCC1CCCC(F)(F)C1. The van der Waals surface area contributed by atoms with Gasteiger partial charge in [-0.25, -0.2) is 8.78 Å². The Balaban J connectivity index is 1.95. The van der Waals surface area contributed by atoms with Gasteiger partial charge in [-0.3, -0.25) is 0 Å². The molecule has 18 heavy (non-hydrogen) atoms. The molecular formula is C15H20F2O. The van der Waals surface area contributed by atoms with Gasteiger partial charge in [-0.05, 0) is 43.7 Å². The predicted octanol–water partition coefficient (Wildman–Crippen LogP) is 4.51. The molecule has 1 nitrogen and oxygen atoms in total. The number of rotatable bonds is 3. The monoisotopic (exact) mass is 254 g/mol. The van der Waals surface area contributed by atoms with Crippen LogP contribution in [-0.4, -0.2) is 12.5 Å². The van der Waals surface area contributed by atoms with E-state index in [0.717, 1.165) is 23.3 Å². The number of ether oxygens (including phenoxy) is 1. The second kappa shape index (κ2) is 5.25. The highest BCUT2D eigenvalue weighted by Crippen LogP contribution is 2.37. The molecule has 100 valence electrons. The topological polar surface area (TPSA) is 9.23 Å². The van der Waals surface area contributed by atoms with Crippen LogP contribution in [0.15, 0.2) is 18.2 Å². The predicted molar refractivity (Wildman–Crippen MR) is 68.3 cm³/mol. The third-order valence-electron chi connectivity index (χ3n) is 3.61. The highest BCUT2D eigenvalue weighted by atomic mass is 19.3. The standard InChI is InChI=1S/C15H20F2O/c1-11-5-3-6-12(2)14(11)18-10-13-7-4-8-15(16,17)9-13/h3,5-6,13H,4,7-10H2,1-2H3. The lowest BCUT2D eigenvalue weighted by Gasteiger charge is -2.29. The lowest BCUT2D eigenvalue weighted by Crippen LogP contribution is -2.29. The van der Waals surface area contributed by atoms with Crippen molar-refractivity contribution in [1.82, 2.24) is 0 Å². The lowest BCUT2D eigenvalue weighted by atomic mass is 9.87. The molecule has 0 radical (unpaired) electrons. The van der Waals surface area contributed by atoms with Crippen molar-refractivity contribution in [3.05, 3.63) is 29.3 Å². The van der Waals surface area contributed by atoms with Crippen LogP contribution < -0.4 is 4.74 Å². The quantitative estimate of drug-likeness (QED) is 0.771. The van der Waals surface area contributed by atoms with Gasteiger partial charge in [0.25, 0.3) is 0 Å². The van der Waals surface area contributed by atoms with E-state index in [1.807, 2.05) is 32.0 Å². The van der Waals surface area contributed by atoms with Crippen molar-refractivity contribution in [2.24, 2.45) is 5.92 Å². The van der Waals surface area contributed by atoms with Gasteiger partial charge in [-0.15, -0.1) is 0 Å². The smallest absolute Gasteiger partial charge is 0.248 e. The van der Waals surface area contributed by atoms with Gasteiger partial charge >= 0.3 is 0 Å². The Morgan fingerprint density at radius 2 is 1.94 bits per heavy atom. The maximum absolute atomic E-state index is 13.3. The van der Waals surface area contributed by atoms with Gasteiger partial charge in [0.1, 0.15) is 5.75 Å². The molecule has 3 heteroatoms. The fourth-order valence-corrected chi connectivity index (χ4v) is 2.65. The molecule has 0 amide bonds. The van der Waals surface area contributed by atoms with Crippen molar-refractivity contribution in [3.63, 3.8) is 0 Å². The van der Waals surface area contributed by atoms with Gasteiger partial charge in [0.05, 0.1) is 6.61 Å². The molecule has 0 aromatic heterocycles. The van der Waals surface area contributed by atoms with Crippen LogP contribution in [0.5, 0.6) is 5.75 Å². The van der Waals surface area contributed by atoms with Crippen molar-refractivity contribution >= 4 is 0 Å². The summed E-state index contributed by atoms with van der Waals surface area (Å²) in [5.41, 5.74) is 2.13. The van der Waals surface area contributed by atoms with Crippen LogP contribution >= 0.6 is 0 Å². The van der Waals surface area contributed by atoms with E-state index in [9.17, 15) is 8.78 Å². The summed E-state index contributed by atoms with van der Waals surface area (Å²) in [6, 6.07) is 5.95. The van der Waals surface area contributed by atoms with E-state index in [-0.39, 0.29) is 18.8 Å². The van der Waals surface area contributed by atoms with Crippen LogP contribution in [0.25, 0.3) is 0 Å². The summed E-state index contributed by atoms with van der Waals surface area (Å²) in [6.45, 7) is 4.37. The van der Waals surface area contributed by atoms with Crippen LogP contribution in [-0.2, 0) is 0 Å². The molecule has 1 saturated carbocycles. The van der Waals surface area contributed by atoms with E-state index < -0.39 is 5.92 Å². The Morgan fingerprint density at radius 3 is 2.56 bits per heavy atom. The first-order valence-electron chi connectivity index (χ1n) is 6.55. The normalized spacial score (nSPS) is 22.8. The van der Waals surface area contributed by atoms with Crippen molar-refractivity contribution < 1.29 is 13.5 Å². The minimum Gasteiger partial charge on any atom is -0.493 e. The first-order valence-corrected chi connectivity index (χ1v) is 6.55. The first-order chi connectivity index (χ1) is 8.48. The second-order valence-electron chi connectivity index (χ2n) is 5.35. The Kier molecular flexibility index (Phi) is 3.88. The van der Waals surface area contributed by atoms with Crippen LogP contribution in [0.3, 0.4) is 0 Å². The number of alkyl halides is 2. The van der Waals surface area contributed by atoms with Crippen LogP contribution in [0.4, 0.5) is 8.78 Å². The molecule has 2 rings (SSSR count). The lowest BCUT2D eigenvalue weighted by molar-refractivity contribution is -0.0585. The largest absolute Gasteiger partial charge is 0.493 e. The summed E-state index contributed by atoms with van der Waals surface area (Å²) in [5.74, 6) is -1.66. The number of halogens is 2. The van der Waals surface area contributed by atoms with E-state index in [2.05, 4.69) is 0 Å².